The zero-order valence-corrected chi connectivity index (χ0v) is 9.79. The van der Waals surface area contributed by atoms with Gasteiger partial charge in [0, 0.05) is 31.7 Å². The number of aryl methyl sites for hydroxylation is 1. The van der Waals surface area contributed by atoms with Crippen LogP contribution in [0.2, 0.25) is 0 Å². The van der Waals surface area contributed by atoms with Crippen molar-refractivity contribution in [3.8, 4) is 0 Å². The van der Waals surface area contributed by atoms with E-state index in [1.807, 2.05) is 12.1 Å². The minimum absolute atomic E-state index is 0.102. The topological polar surface area (TPSA) is 64.2 Å². The van der Waals surface area contributed by atoms with Gasteiger partial charge in [0.1, 0.15) is 5.69 Å². The number of hydrogen-bond acceptors (Lipinski definition) is 3. The Morgan fingerprint density at radius 1 is 1.29 bits per heavy atom. The van der Waals surface area contributed by atoms with Crippen LogP contribution in [0.4, 0.5) is 11.4 Å². The summed E-state index contributed by atoms with van der Waals surface area (Å²) in [7, 11) is 3.46. The van der Waals surface area contributed by atoms with E-state index in [1.165, 1.54) is 0 Å². The summed E-state index contributed by atoms with van der Waals surface area (Å²) in [4.78, 5) is 13.7. The summed E-state index contributed by atoms with van der Waals surface area (Å²) in [5, 5.41) is 3.98. The van der Waals surface area contributed by atoms with Crippen molar-refractivity contribution in [1.82, 2.24) is 9.78 Å². The molecule has 0 radical (unpaired) electrons. The number of carbonyl (C=O) groups is 1. The average Bonchev–Trinajstić information content (AvgIpc) is 2.74. The molecule has 0 atom stereocenters. The molecule has 88 valence electrons. The molecule has 17 heavy (non-hydrogen) atoms. The second kappa shape index (κ2) is 4.29. The molecule has 0 fully saturated rings. The molecule has 0 bridgehead atoms. The van der Waals surface area contributed by atoms with E-state index in [9.17, 15) is 4.79 Å². The predicted octanol–water partition coefficient (Wildman–Crippen LogP) is 1.28. The Morgan fingerprint density at radius 2 is 1.94 bits per heavy atom. The number of nitrogen functional groups attached to an aromatic ring is 1. The number of amides is 1. The fourth-order valence-electron chi connectivity index (χ4n) is 1.57. The second-order valence-corrected chi connectivity index (χ2v) is 3.80. The Balaban J connectivity index is 2.26. The highest BCUT2D eigenvalue weighted by Gasteiger charge is 2.16. The van der Waals surface area contributed by atoms with Crippen LogP contribution in [0.1, 0.15) is 10.5 Å². The molecule has 1 amide bonds. The molecule has 2 rings (SSSR count). The Morgan fingerprint density at radius 3 is 2.47 bits per heavy atom. The number of aromatic nitrogens is 2. The molecule has 1 aromatic heterocycles. The molecule has 0 spiro atoms. The minimum atomic E-state index is -0.102. The zero-order chi connectivity index (χ0) is 12.4. The molecule has 1 heterocycles. The molecule has 5 nitrogen and oxygen atoms in total. The van der Waals surface area contributed by atoms with Gasteiger partial charge >= 0.3 is 0 Å². The monoisotopic (exact) mass is 230 g/mol. The molecule has 5 heteroatoms. The summed E-state index contributed by atoms with van der Waals surface area (Å²) in [6, 6.07) is 8.84. The average molecular weight is 230 g/mol. The molecule has 2 N–H and O–H groups in total. The van der Waals surface area contributed by atoms with Crippen LogP contribution in [0, 0.1) is 0 Å². The van der Waals surface area contributed by atoms with E-state index < -0.39 is 0 Å². The van der Waals surface area contributed by atoms with Gasteiger partial charge in [-0.05, 0) is 30.3 Å². The first-order valence-corrected chi connectivity index (χ1v) is 5.21. The van der Waals surface area contributed by atoms with E-state index in [-0.39, 0.29) is 5.91 Å². The molecule has 0 aliphatic carbocycles. The normalized spacial score (nSPS) is 10.2. The lowest BCUT2D eigenvalue weighted by Gasteiger charge is -2.17. The minimum Gasteiger partial charge on any atom is -0.399 e. The maximum absolute atomic E-state index is 12.1. The van der Waals surface area contributed by atoms with Crippen molar-refractivity contribution in [3.63, 3.8) is 0 Å². The molecule has 0 aliphatic rings. The number of carbonyl (C=O) groups excluding carboxylic acids is 1. The quantitative estimate of drug-likeness (QED) is 0.790. The second-order valence-electron chi connectivity index (χ2n) is 3.80. The van der Waals surface area contributed by atoms with Gasteiger partial charge in [0.25, 0.3) is 5.91 Å². The lowest BCUT2D eigenvalue weighted by atomic mass is 10.2. The van der Waals surface area contributed by atoms with Gasteiger partial charge in [-0.25, -0.2) is 0 Å². The number of nitrogens with zero attached hydrogens (tertiary/aromatic N) is 3. The molecule has 0 saturated carbocycles. The molecule has 2 aromatic rings. The zero-order valence-electron chi connectivity index (χ0n) is 9.79. The molecular weight excluding hydrogens is 216 g/mol. The van der Waals surface area contributed by atoms with Gasteiger partial charge in [0.05, 0.1) is 0 Å². The Hall–Kier alpha value is -2.30. The standard InChI is InChI=1S/C12H14N4O/c1-15(10-5-3-9(13)4-6-10)12(17)11-7-8-14-16(11)2/h3-8H,13H2,1-2H3. The van der Waals surface area contributed by atoms with Crippen molar-refractivity contribution in [3.05, 3.63) is 42.2 Å². The van der Waals surface area contributed by atoms with Crippen LogP contribution >= 0.6 is 0 Å². The first kappa shape index (κ1) is 11.2. The van der Waals surface area contributed by atoms with Crippen molar-refractivity contribution >= 4 is 17.3 Å². The Kier molecular flexibility index (Phi) is 2.82. The van der Waals surface area contributed by atoms with Crippen LogP contribution < -0.4 is 10.6 Å². The Bertz CT molecular complexity index is 530. The summed E-state index contributed by atoms with van der Waals surface area (Å²) < 4.78 is 1.55. The lowest BCUT2D eigenvalue weighted by Crippen LogP contribution is -2.28. The first-order valence-electron chi connectivity index (χ1n) is 5.21. The molecule has 0 saturated heterocycles. The lowest BCUT2D eigenvalue weighted by molar-refractivity contribution is 0.0984. The van der Waals surface area contributed by atoms with E-state index in [4.69, 9.17) is 5.73 Å². The smallest absolute Gasteiger partial charge is 0.276 e. The van der Waals surface area contributed by atoms with Gasteiger partial charge in [0.2, 0.25) is 0 Å². The fraction of sp³-hybridized carbons (Fsp3) is 0.167. The fourth-order valence-corrected chi connectivity index (χ4v) is 1.57. The van der Waals surface area contributed by atoms with Crippen molar-refractivity contribution in [2.75, 3.05) is 17.7 Å². The summed E-state index contributed by atoms with van der Waals surface area (Å²) in [5.74, 6) is -0.102. The van der Waals surface area contributed by atoms with E-state index >= 15 is 0 Å². The summed E-state index contributed by atoms with van der Waals surface area (Å²) in [5.41, 5.74) is 7.62. The van der Waals surface area contributed by atoms with Gasteiger partial charge in [-0.15, -0.1) is 0 Å². The van der Waals surface area contributed by atoms with Crippen LogP contribution in [-0.2, 0) is 7.05 Å². The highest BCUT2D eigenvalue weighted by Crippen LogP contribution is 2.16. The summed E-state index contributed by atoms with van der Waals surface area (Å²) in [6.45, 7) is 0. The maximum atomic E-state index is 12.1. The third-order valence-corrected chi connectivity index (χ3v) is 2.63. The van der Waals surface area contributed by atoms with Crippen LogP contribution in [0.5, 0.6) is 0 Å². The predicted molar refractivity (Wildman–Crippen MR) is 66.8 cm³/mol. The summed E-state index contributed by atoms with van der Waals surface area (Å²) in [6.07, 6.45) is 1.60. The molecule has 0 aliphatic heterocycles. The molecule has 0 unspecified atom stereocenters. The molecule has 1 aromatic carbocycles. The number of hydrogen-bond donors (Lipinski definition) is 1. The van der Waals surface area contributed by atoms with Crippen molar-refractivity contribution in [1.29, 1.82) is 0 Å². The van der Waals surface area contributed by atoms with E-state index in [1.54, 1.807) is 48.1 Å². The van der Waals surface area contributed by atoms with Crippen LogP contribution in [0.3, 0.4) is 0 Å². The van der Waals surface area contributed by atoms with Crippen molar-refractivity contribution in [2.45, 2.75) is 0 Å². The van der Waals surface area contributed by atoms with Gasteiger partial charge in [-0.3, -0.25) is 9.48 Å². The SMILES string of the molecule is CN(C(=O)c1ccnn1C)c1ccc(N)cc1. The number of rotatable bonds is 2. The van der Waals surface area contributed by atoms with E-state index in [0.29, 0.717) is 11.4 Å². The number of anilines is 2. The van der Waals surface area contributed by atoms with Crippen LogP contribution in [0.15, 0.2) is 36.5 Å². The van der Waals surface area contributed by atoms with Gasteiger partial charge < -0.3 is 10.6 Å². The third kappa shape index (κ3) is 2.13. The van der Waals surface area contributed by atoms with Gasteiger partial charge in [-0.1, -0.05) is 0 Å². The van der Waals surface area contributed by atoms with Gasteiger partial charge in [0.15, 0.2) is 0 Å². The van der Waals surface area contributed by atoms with Crippen LogP contribution in [-0.4, -0.2) is 22.7 Å². The largest absolute Gasteiger partial charge is 0.399 e. The third-order valence-electron chi connectivity index (χ3n) is 2.63. The van der Waals surface area contributed by atoms with E-state index in [2.05, 4.69) is 5.10 Å². The summed E-state index contributed by atoms with van der Waals surface area (Å²) >= 11 is 0. The van der Waals surface area contributed by atoms with Crippen molar-refractivity contribution < 1.29 is 4.79 Å². The number of nitrogens with two attached hydrogens (primary N) is 1. The van der Waals surface area contributed by atoms with Gasteiger partial charge in [-0.2, -0.15) is 5.10 Å². The van der Waals surface area contributed by atoms with E-state index in [0.717, 1.165) is 5.69 Å². The highest BCUT2D eigenvalue weighted by atomic mass is 16.2. The first-order chi connectivity index (χ1) is 8.09. The maximum Gasteiger partial charge on any atom is 0.276 e. The van der Waals surface area contributed by atoms with Crippen LogP contribution in [0.25, 0.3) is 0 Å². The Labute approximate surface area is 99.5 Å². The van der Waals surface area contributed by atoms with Crippen molar-refractivity contribution in [2.24, 2.45) is 7.05 Å². The number of benzene rings is 1. The molecular formula is C12H14N4O. The highest BCUT2D eigenvalue weighted by molar-refractivity contribution is 6.04.